The van der Waals surface area contributed by atoms with Crippen LogP contribution in [0.1, 0.15) is 45.1 Å². The Hall–Kier alpha value is -3.47. The summed E-state index contributed by atoms with van der Waals surface area (Å²) in [5.74, 6) is 0.321. The van der Waals surface area contributed by atoms with Crippen LogP contribution in [0.25, 0.3) is 0 Å². The topological polar surface area (TPSA) is 99.4 Å². The molecule has 196 valence electrons. The van der Waals surface area contributed by atoms with Gasteiger partial charge < -0.3 is 20.1 Å². The number of carboxylic acid groups (broad SMARTS) is 1. The lowest BCUT2D eigenvalue weighted by Gasteiger charge is -2.38. The molecule has 2 N–H and O–H groups in total. The Labute approximate surface area is 212 Å². The highest BCUT2D eigenvalue weighted by Crippen LogP contribution is 2.41. The summed E-state index contributed by atoms with van der Waals surface area (Å²) in [6.45, 7) is 5.00. The second-order valence-corrected chi connectivity index (χ2v) is 10.2. The number of aliphatic carboxylic acids is 1. The summed E-state index contributed by atoms with van der Waals surface area (Å²) in [6, 6.07) is 3.76. The van der Waals surface area contributed by atoms with E-state index >= 15 is 0 Å². The zero-order valence-corrected chi connectivity index (χ0v) is 20.5. The molecular weight excluding hydrogens is 487 g/mol. The number of hydrogen-bond acceptors (Lipinski definition) is 7. The third-order valence-corrected chi connectivity index (χ3v) is 7.16. The molecule has 0 aromatic carbocycles. The summed E-state index contributed by atoms with van der Waals surface area (Å²) in [6.07, 6.45) is 4.46. The Morgan fingerprint density at radius 2 is 1.95 bits per heavy atom. The molecule has 0 saturated carbocycles. The number of halogens is 3. The molecule has 11 heteroatoms. The fourth-order valence-corrected chi connectivity index (χ4v) is 5.15. The van der Waals surface area contributed by atoms with Crippen LogP contribution in [0.2, 0.25) is 0 Å². The van der Waals surface area contributed by atoms with E-state index < -0.39 is 28.9 Å². The zero-order chi connectivity index (χ0) is 26.4. The SMILES string of the molecule is CC1(OC2CCN(c3ccc(C4=NC5(C)CC(C(F)(F)F)=CC=C5N4)cn3)CC2)C=NC=C(C(=O)O)C1. The van der Waals surface area contributed by atoms with E-state index in [2.05, 4.69) is 25.2 Å². The quantitative estimate of drug-likeness (QED) is 0.611. The van der Waals surface area contributed by atoms with Crippen LogP contribution >= 0.6 is 0 Å². The first kappa shape index (κ1) is 25.2. The van der Waals surface area contributed by atoms with Crippen molar-refractivity contribution in [1.82, 2.24) is 10.3 Å². The Morgan fingerprint density at radius 3 is 2.59 bits per heavy atom. The van der Waals surface area contributed by atoms with Crippen LogP contribution in [-0.2, 0) is 9.53 Å². The average molecular weight is 516 g/mol. The molecular formula is C26H28F3N5O3. The number of fused-ring (bicyclic) bond motifs is 1. The molecule has 37 heavy (non-hydrogen) atoms. The Balaban J connectivity index is 1.18. The van der Waals surface area contributed by atoms with E-state index in [1.807, 2.05) is 19.1 Å². The van der Waals surface area contributed by atoms with Crippen molar-refractivity contribution in [2.45, 2.75) is 63.0 Å². The average Bonchev–Trinajstić information content (AvgIpc) is 3.20. The lowest BCUT2D eigenvalue weighted by molar-refractivity contribution is -0.133. The van der Waals surface area contributed by atoms with Gasteiger partial charge in [-0.1, -0.05) is 6.08 Å². The number of allylic oxidation sites excluding steroid dienone is 2. The first-order valence-electron chi connectivity index (χ1n) is 12.2. The van der Waals surface area contributed by atoms with Gasteiger partial charge in [0, 0.05) is 61.4 Å². The number of rotatable bonds is 5. The van der Waals surface area contributed by atoms with Crippen molar-refractivity contribution in [3.05, 3.63) is 59.1 Å². The Kier molecular flexibility index (Phi) is 6.21. The number of aromatic nitrogens is 1. The first-order chi connectivity index (χ1) is 17.4. The minimum atomic E-state index is -4.37. The van der Waals surface area contributed by atoms with Gasteiger partial charge in [-0.25, -0.2) is 9.78 Å². The number of pyridine rings is 1. The van der Waals surface area contributed by atoms with E-state index in [0.29, 0.717) is 17.1 Å². The van der Waals surface area contributed by atoms with Gasteiger partial charge >= 0.3 is 12.1 Å². The van der Waals surface area contributed by atoms with Crippen molar-refractivity contribution in [2.24, 2.45) is 9.98 Å². The molecule has 0 amide bonds. The van der Waals surface area contributed by atoms with E-state index in [4.69, 9.17) is 4.74 Å². The predicted molar refractivity (Wildman–Crippen MR) is 133 cm³/mol. The van der Waals surface area contributed by atoms with Crippen molar-refractivity contribution in [1.29, 1.82) is 0 Å². The molecule has 1 saturated heterocycles. The number of piperidine rings is 1. The summed E-state index contributed by atoms with van der Waals surface area (Å²) in [7, 11) is 0. The normalized spacial score (nSPS) is 28.1. The molecule has 1 aromatic heterocycles. The Bertz CT molecular complexity index is 1240. The van der Waals surface area contributed by atoms with Crippen molar-refractivity contribution < 1.29 is 27.8 Å². The van der Waals surface area contributed by atoms with Crippen LogP contribution in [0, 0.1) is 0 Å². The number of nitrogens with one attached hydrogen (secondary N) is 1. The summed E-state index contributed by atoms with van der Waals surface area (Å²) >= 11 is 0. The van der Waals surface area contributed by atoms with E-state index in [9.17, 15) is 23.1 Å². The van der Waals surface area contributed by atoms with Crippen LogP contribution in [0.5, 0.6) is 0 Å². The number of anilines is 1. The highest BCUT2D eigenvalue weighted by molar-refractivity contribution is 6.02. The molecule has 2 unspecified atom stereocenters. The maximum absolute atomic E-state index is 13.2. The largest absolute Gasteiger partial charge is 0.478 e. The van der Waals surface area contributed by atoms with Crippen LogP contribution in [0.4, 0.5) is 19.0 Å². The molecule has 0 radical (unpaired) electrons. The number of carboxylic acids is 1. The van der Waals surface area contributed by atoms with Gasteiger partial charge in [0.25, 0.3) is 0 Å². The van der Waals surface area contributed by atoms with Crippen molar-refractivity contribution in [3.63, 3.8) is 0 Å². The molecule has 1 aliphatic carbocycles. The summed E-state index contributed by atoms with van der Waals surface area (Å²) in [5.41, 5.74) is -0.729. The number of hydrogen-bond donors (Lipinski definition) is 2. The molecule has 1 aromatic rings. The molecule has 5 rings (SSSR count). The van der Waals surface area contributed by atoms with Gasteiger partial charge in [0.15, 0.2) is 0 Å². The van der Waals surface area contributed by atoms with Gasteiger partial charge in [0.1, 0.15) is 22.8 Å². The number of aliphatic imine (C=N–C) groups is 2. The zero-order valence-electron chi connectivity index (χ0n) is 20.5. The van der Waals surface area contributed by atoms with Crippen LogP contribution < -0.4 is 10.2 Å². The van der Waals surface area contributed by atoms with E-state index in [-0.39, 0.29) is 24.5 Å². The van der Waals surface area contributed by atoms with Crippen LogP contribution in [-0.4, -0.2) is 64.6 Å². The minimum Gasteiger partial charge on any atom is -0.478 e. The van der Waals surface area contributed by atoms with Gasteiger partial charge in [-0.15, -0.1) is 0 Å². The lowest BCUT2D eigenvalue weighted by atomic mass is 9.86. The third-order valence-electron chi connectivity index (χ3n) is 7.16. The number of carbonyl (C=O) groups is 1. The predicted octanol–water partition coefficient (Wildman–Crippen LogP) is 4.15. The van der Waals surface area contributed by atoms with E-state index in [1.54, 1.807) is 19.3 Å². The van der Waals surface area contributed by atoms with E-state index in [0.717, 1.165) is 37.8 Å². The van der Waals surface area contributed by atoms with Gasteiger partial charge in [-0.05, 0) is 44.9 Å². The van der Waals surface area contributed by atoms with Gasteiger partial charge in [-0.3, -0.25) is 9.98 Å². The second kappa shape index (κ2) is 9.13. The molecule has 8 nitrogen and oxygen atoms in total. The molecule has 4 aliphatic rings. The second-order valence-electron chi connectivity index (χ2n) is 10.2. The molecule has 1 fully saturated rings. The highest BCUT2D eigenvalue weighted by atomic mass is 19.4. The van der Waals surface area contributed by atoms with Crippen LogP contribution in [0.3, 0.4) is 0 Å². The van der Waals surface area contributed by atoms with Crippen molar-refractivity contribution in [2.75, 3.05) is 18.0 Å². The number of amidine groups is 1. The minimum absolute atomic E-state index is 0.0234. The molecule has 4 heterocycles. The fourth-order valence-electron chi connectivity index (χ4n) is 5.15. The van der Waals surface area contributed by atoms with Gasteiger partial charge in [0.05, 0.1) is 11.7 Å². The summed E-state index contributed by atoms with van der Waals surface area (Å²) in [4.78, 5) is 26.7. The molecule has 0 bridgehead atoms. The maximum Gasteiger partial charge on any atom is 0.412 e. The molecule has 3 aliphatic heterocycles. The lowest BCUT2D eigenvalue weighted by Crippen LogP contribution is -2.43. The fraction of sp³-hybridized carbons (Fsp3) is 0.462. The summed E-state index contributed by atoms with van der Waals surface area (Å²) < 4.78 is 45.8. The number of alkyl halides is 3. The Morgan fingerprint density at radius 1 is 1.19 bits per heavy atom. The van der Waals surface area contributed by atoms with Gasteiger partial charge in [0.2, 0.25) is 0 Å². The van der Waals surface area contributed by atoms with E-state index in [1.165, 1.54) is 12.3 Å². The van der Waals surface area contributed by atoms with Gasteiger partial charge in [-0.2, -0.15) is 13.2 Å². The van der Waals surface area contributed by atoms with Crippen LogP contribution in [0.15, 0.2) is 63.5 Å². The standard InChI is InChI=1S/C26H28F3N5O3/c1-24(11-17(23(35)36)13-30-15-24)37-19-7-9-34(10-8-19)21-6-3-16(14-31-21)22-32-20-5-4-18(26(27,28)29)12-25(20,2)33-22/h3-6,13-15,19H,7-12H2,1-2H3,(H,32,33)(H,35,36). The summed E-state index contributed by atoms with van der Waals surface area (Å²) in [5, 5.41) is 12.4. The smallest absolute Gasteiger partial charge is 0.412 e. The molecule has 0 spiro atoms. The monoisotopic (exact) mass is 515 g/mol. The van der Waals surface area contributed by atoms with Crippen molar-refractivity contribution in [3.8, 4) is 0 Å². The first-order valence-corrected chi connectivity index (χ1v) is 12.2. The molecule has 2 atom stereocenters. The highest BCUT2D eigenvalue weighted by Gasteiger charge is 2.45. The maximum atomic E-state index is 13.2. The third kappa shape index (κ3) is 5.18. The van der Waals surface area contributed by atoms with Crippen molar-refractivity contribution >= 4 is 23.8 Å². The number of ether oxygens (including phenoxy) is 1. The number of nitrogens with zero attached hydrogens (tertiary/aromatic N) is 4.